The van der Waals surface area contributed by atoms with Crippen LogP contribution < -0.4 is 0 Å². The fraction of sp³-hybridized carbons (Fsp3) is 0.571. The molecule has 2 atom stereocenters. The highest BCUT2D eigenvalue weighted by molar-refractivity contribution is 6.31. The molecule has 1 aliphatic heterocycles. The number of likely N-dealkylation sites (tertiary alicyclic amines) is 1. The van der Waals surface area contributed by atoms with Gasteiger partial charge in [0.1, 0.15) is 0 Å². The summed E-state index contributed by atoms with van der Waals surface area (Å²) in [5, 5.41) is 0.926. The van der Waals surface area contributed by atoms with Crippen molar-refractivity contribution < 1.29 is 0 Å². The third-order valence-corrected chi connectivity index (χ3v) is 4.77. The van der Waals surface area contributed by atoms with Crippen LogP contribution in [-0.4, -0.2) is 25.0 Å². The molecular weight excluding hydrogens is 218 g/mol. The molecule has 2 fully saturated rings. The second kappa shape index (κ2) is 3.24. The molecule has 0 spiro atoms. The summed E-state index contributed by atoms with van der Waals surface area (Å²) >= 11 is 6.27. The van der Waals surface area contributed by atoms with E-state index in [9.17, 15) is 0 Å². The summed E-state index contributed by atoms with van der Waals surface area (Å²) in [6.07, 6.45) is 1.36. The van der Waals surface area contributed by atoms with Gasteiger partial charge in [0.05, 0.1) is 0 Å². The standard InChI is InChI=1S/C14H18ClN/c1-9-4-10(2)13(15)5-12(9)14-6-11(14)7-16(3)8-14/h4-5,11H,6-8H2,1-3H3. The van der Waals surface area contributed by atoms with Gasteiger partial charge in [0.2, 0.25) is 0 Å². The SMILES string of the molecule is Cc1cc(C)c(C23CC2CN(C)C3)cc1Cl. The zero-order valence-electron chi connectivity index (χ0n) is 10.2. The lowest BCUT2D eigenvalue weighted by Crippen LogP contribution is -2.22. The first kappa shape index (κ1) is 10.6. The molecule has 1 saturated carbocycles. The maximum Gasteiger partial charge on any atom is 0.0438 e. The van der Waals surface area contributed by atoms with Crippen molar-refractivity contribution in [3.05, 3.63) is 33.8 Å². The predicted octanol–water partition coefficient (Wildman–Crippen LogP) is 3.16. The minimum Gasteiger partial charge on any atom is -0.305 e. The number of benzene rings is 1. The molecule has 1 heterocycles. The van der Waals surface area contributed by atoms with Crippen LogP contribution in [0.3, 0.4) is 0 Å². The molecule has 0 aromatic heterocycles. The van der Waals surface area contributed by atoms with Crippen LogP contribution in [0, 0.1) is 19.8 Å². The minimum absolute atomic E-state index is 0.441. The molecule has 0 radical (unpaired) electrons. The average molecular weight is 236 g/mol. The quantitative estimate of drug-likeness (QED) is 0.723. The number of hydrogen-bond acceptors (Lipinski definition) is 1. The topological polar surface area (TPSA) is 3.24 Å². The van der Waals surface area contributed by atoms with Crippen molar-refractivity contribution in [3.8, 4) is 0 Å². The molecule has 1 saturated heterocycles. The molecule has 86 valence electrons. The van der Waals surface area contributed by atoms with Crippen molar-refractivity contribution in [2.24, 2.45) is 5.92 Å². The van der Waals surface area contributed by atoms with E-state index in [-0.39, 0.29) is 0 Å². The highest BCUT2D eigenvalue weighted by Gasteiger charge is 2.60. The van der Waals surface area contributed by atoms with Crippen LogP contribution >= 0.6 is 11.6 Å². The second-order valence-corrected chi connectivity index (χ2v) is 6.08. The molecular formula is C14H18ClN. The second-order valence-electron chi connectivity index (χ2n) is 5.67. The molecule has 1 aromatic rings. The summed E-state index contributed by atoms with van der Waals surface area (Å²) in [4.78, 5) is 2.45. The van der Waals surface area contributed by atoms with Gasteiger partial charge in [-0.05, 0) is 56.0 Å². The molecule has 1 aliphatic carbocycles. The molecule has 16 heavy (non-hydrogen) atoms. The Hall–Kier alpha value is -0.530. The molecule has 1 nitrogen and oxygen atoms in total. The lowest BCUT2D eigenvalue weighted by molar-refractivity contribution is 0.363. The Labute approximate surface area is 102 Å². The lowest BCUT2D eigenvalue weighted by Gasteiger charge is -2.19. The van der Waals surface area contributed by atoms with E-state index in [0.717, 1.165) is 10.9 Å². The Kier molecular flexibility index (Phi) is 2.15. The van der Waals surface area contributed by atoms with Crippen LogP contribution in [0.5, 0.6) is 0 Å². The summed E-state index contributed by atoms with van der Waals surface area (Å²) < 4.78 is 0. The Morgan fingerprint density at radius 2 is 2.06 bits per heavy atom. The summed E-state index contributed by atoms with van der Waals surface area (Å²) in [6, 6.07) is 4.45. The Morgan fingerprint density at radius 1 is 1.31 bits per heavy atom. The zero-order valence-corrected chi connectivity index (χ0v) is 10.9. The van der Waals surface area contributed by atoms with Crippen molar-refractivity contribution in [2.45, 2.75) is 25.7 Å². The molecule has 0 amide bonds. The third-order valence-electron chi connectivity index (χ3n) is 4.36. The van der Waals surface area contributed by atoms with Crippen LogP contribution in [0.4, 0.5) is 0 Å². The molecule has 3 rings (SSSR count). The monoisotopic (exact) mass is 235 g/mol. The number of aryl methyl sites for hydroxylation is 2. The predicted molar refractivity (Wildman–Crippen MR) is 68.2 cm³/mol. The number of nitrogens with zero attached hydrogens (tertiary/aromatic N) is 1. The van der Waals surface area contributed by atoms with Crippen LogP contribution in [0.2, 0.25) is 5.02 Å². The summed E-state index contributed by atoms with van der Waals surface area (Å²) in [7, 11) is 2.22. The van der Waals surface area contributed by atoms with Gasteiger partial charge in [0.15, 0.2) is 0 Å². The summed E-state index contributed by atoms with van der Waals surface area (Å²) in [6.45, 7) is 6.77. The van der Waals surface area contributed by atoms with Gasteiger partial charge in [-0.15, -0.1) is 0 Å². The highest BCUT2D eigenvalue weighted by Crippen LogP contribution is 2.59. The average Bonchev–Trinajstić information content (AvgIpc) is 2.76. The fourth-order valence-corrected chi connectivity index (χ4v) is 3.68. The lowest BCUT2D eigenvalue weighted by atomic mass is 9.90. The van der Waals surface area contributed by atoms with E-state index in [4.69, 9.17) is 11.6 Å². The first-order valence-electron chi connectivity index (χ1n) is 5.99. The van der Waals surface area contributed by atoms with Crippen LogP contribution in [-0.2, 0) is 5.41 Å². The van der Waals surface area contributed by atoms with Gasteiger partial charge >= 0.3 is 0 Å². The van der Waals surface area contributed by atoms with Gasteiger partial charge < -0.3 is 4.90 Å². The van der Waals surface area contributed by atoms with Crippen molar-refractivity contribution in [2.75, 3.05) is 20.1 Å². The van der Waals surface area contributed by atoms with Gasteiger partial charge in [-0.2, -0.15) is 0 Å². The van der Waals surface area contributed by atoms with Crippen molar-refractivity contribution in [1.29, 1.82) is 0 Å². The fourth-order valence-electron chi connectivity index (χ4n) is 3.51. The number of hydrogen-bond donors (Lipinski definition) is 0. The Bertz CT molecular complexity index is 454. The molecule has 2 unspecified atom stereocenters. The highest BCUT2D eigenvalue weighted by atomic mass is 35.5. The largest absolute Gasteiger partial charge is 0.305 e. The van der Waals surface area contributed by atoms with Gasteiger partial charge in [-0.25, -0.2) is 0 Å². The molecule has 2 heteroatoms. The van der Waals surface area contributed by atoms with E-state index in [1.165, 1.54) is 36.2 Å². The maximum atomic E-state index is 6.27. The third kappa shape index (κ3) is 1.34. The number of likely N-dealkylation sites (N-methyl/N-ethyl adjacent to an activating group) is 1. The van der Waals surface area contributed by atoms with Crippen molar-refractivity contribution in [3.63, 3.8) is 0 Å². The van der Waals surface area contributed by atoms with Crippen molar-refractivity contribution in [1.82, 2.24) is 4.90 Å². The van der Waals surface area contributed by atoms with E-state index >= 15 is 0 Å². The van der Waals surface area contributed by atoms with Gasteiger partial charge in [0.25, 0.3) is 0 Å². The summed E-state index contributed by atoms with van der Waals surface area (Å²) in [5.74, 6) is 0.870. The normalized spacial score (nSPS) is 32.9. The number of rotatable bonds is 1. The van der Waals surface area contributed by atoms with E-state index in [1.807, 2.05) is 0 Å². The molecule has 2 aliphatic rings. The molecule has 0 N–H and O–H groups in total. The Balaban J connectivity index is 2.05. The van der Waals surface area contributed by atoms with E-state index in [0.29, 0.717) is 5.41 Å². The Morgan fingerprint density at radius 3 is 2.69 bits per heavy atom. The van der Waals surface area contributed by atoms with Gasteiger partial charge in [-0.3, -0.25) is 0 Å². The number of halogens is 1. The van der Waals surface area contributed by atoms with Crippen LogP contribution in [0.25, 0.3) is 0 Å². The van der Waals surface area contributed by atoms with Crippen molar-refractivity contribution >= 4 is 11.6 Å². The first-order valence-corrected chi connectivity index (χ1v) is 6.36. The van der Waals surface area contributed by atoms with Gasteiger partial charge in [-0.1, -0.05) is 17.7 Å². The first-order chi connectivity index (χ1) is 7.53. The maximum absolute atomic E-state index is 6.27. The minimum atomic E-state index is 0.441. The number of fused-ring (bicyclic) bond motifs is 1. The van der Waals surface area contributed by atoms with E-state index in [2.05, 4.69) is 37.9 Å². The van der Waals surface area contributed by atoms with Gasteiger partial charge in [0, 0.05) is 23.5 Å². The van der Waals surface area contributed by atoms with Crippen LogP contribution in [0.15, 0.2) is 12.1 Å². The van der Waals surface area contributed by atoms with E-state index < -0.39 is 0 Å². The molecule has 0 bridgehead atoms. The molecule has 1 aromatic carbocycles. The summed E-state index contributed by atoms with van der Waals surface area (Å²) in [5.41, 5.74) is 4.55. The van der Waals surface area contributed by atoms with E-state index in [1.54, 1.807) is 0 Å². The zero-order chi connectivity index (χ0) is 11.5. The smallest absolute Gasteiger partial charge is 0.0438 e. The van der Waals surface area contributed by atoms with Crippen LogP contribution in [0.1, 0.15) is 23.1 Å². The number of piperidine rings is 1.